The van der Waals surface area contributed by atoms with Gasteiger partial charge in [0.1, 0.15) is 0 Å². The lowest BCUT2D eigenvalue weighted by Gasteiger charge is -2.34. The van der Waals surface area contributed by atoms with Crippen LogP contribution in [0.4, 0.5) is 0 Å². The first kappa shape index (κ1) is 24.5. The first-order valence-electron chi connectivity index (χ1n) is 9.11. The summed E-state index contributed by atoms with van der Waals surface area (Å²) < 4.78 is 25.6. The van der Waals surface area contributed by atoms with Crippen LogP contribution in [0.5, 0.6) is 0 Å². The van der Waals surface area contributed by atoms with Crippen LogP contribution in [-0.2, 0) is 22.3 Å². The lowest BCUT2D eigenvalue weighted by molar-refractivity contribution is 0.408. The molecule has 2 N–H and O–H groups in total. The van der Waals surface area contributed by atoms with Gasteiger partial charge in [0.2, 0.25) is 10.0 Å². The van der Waals surface area contributed by atoms with Crippen LogP contribution in [0.15, 0.2) is 29.3 Å². The first-order valence-corrected chi connectivity index (χ1v) is 11.8. The van der Waals surface area contributed by atoms with Crippen LogP contribution in [0.1, 0.15) is 31.4 Å². The number of benzene rings is 1. The Kier molecular flexibility index (Phi) is 11.0. The molecule has 0 saturated carbocycles. The molecule has 154 valence electrons. The van der Waals surface area contributed by atoms with Crippen LogP contribution in [0.2, 0.25) is 0 Å². The Morgan fingerprint density at radius 3 is 2.52 bits per heavy atom. The molecule has 6 nitrogen and oxygen atoms in total. The maximum atomic E-state index is 11.6. The predicted molar refractivity (Wildman–Crippen MR) is 126 cm³/mol. The third-order valence-electron chi connectivity index (χ3n) is 4.33. The second-order valence-electron chi connectivity index (χ2n) is 6.30. The van der Waals surface area contributed by atoms with Gasteiger partial charge in [0.25, 0.3) is 0 Å². The molecule has 9 heteroatoms. The zero-order valence-electron chi connectivity index (χ0n) is 16.3. The number of thioether (sulfide) groups is 1. The van der Waals surface area contributed by atoms with Crippen LogP contribution in [0.3, 0.4) is 0 Å². The number of hydrogen-bond acceptors (Lipinski definition) is 4. The van der Waals surface area contributed by atoms with Crippen molar-refractivity contribution in [2.24, 2.45) is 4.99 Å². The standard InChI is InChI=1S/C18H30N4O2S2.HI/c1-4-17-13-22(10-11-25-17)18(20-5-2)21-12-15-6-8-16(9-7-15)14-26(23,24)19-3;/h6-9,17,19H,4-5,10-14H2,1-3H3,(H,20,21);1H. The second-order valence-corrected chi connectivity index (χ2v) is 9.63. The van der Waals surface area contributed by atoms with E-state index < -0.39 is 10.0 Å². The van der Waals surface area contributed by atoms with Crippen LogP contribution in [-0.4, -0.2) is 57.0 Å². The number of halogens is 1. The number of hydrogen-bond donors (Lipinski definition) is 2. The van der Waals surface area contributed by atoms with E-state index in [1.165, 1.54) is 13.5 Å². The van der Waals surface area contributed by atoms with Crippen LogP contribution < -0.4 is 10.0 Å². The fourth-order valence-corrected chi connectivity index (χ4v) is 4.74. The molecule has 0 bridgehead atoms. The van der Waals surface area contributed by atoms with Crippen molar-refractivity contribution in [2.45, 2.75) is 37.8 Å². The molecule has 0 amide bonds. The lowest BCUT2D eigenvalue weighted by Crippen LogP contribution is -2.48. The number of nitrogens with one attached hydrogen (secondary N) is 2. The van der Waals surface area contributed by atoms with Gasteiger partial charge in [-0.2, -0.15) is 11.8 Å². The first-order chi connectivity index (χ1) is 12.5. The largest absolute Gasteiger partial charge is 0.357 e. The van der Waals surface area contributed by atoms with E-state index in [9.17, 15) is 8.42 Å². The van der Waals surface area contributed by atoms with E-state index in [-0.39, 0.29) is 29.7 Å². The molecular formula is C18H31IN4O2S2. The van der Waals surface area contributed by atoms with Crippen molar-refractivity contribution in [1.29, 1.82) is 0 Å². The maximum absolute atomic E-state index is 11.6. The van der Waals surface area contributed by atoms with Gasteiger partial charge >= 0.3 is 0 Å². The van der Waals surface area contributed by atoms with Gasteiger partial charge in [-0.3, -0.25) is 0 Å². The molecule has 1 aromatic carbocycles. The molecule has 1 unspecified atom stereocenters. The van der Waals surface area contributed by atoms with Gasteiger partial charge in [-0.25, -0.2) is 18.1 Å². The Bertz CT molecular complexity index is 696. The minimum atomic E-state index is -3.24. The highest BCUT2D eigenvalue weighted by atomic mass is 127. The summed E-state index contributed by atoms with van der Waals surface area (Å²) in [7, 11) is -1.80. The Morgan fingerprint density at radius 2 is 1.93 bits per heavy atom. The van der Waals surface area contributed by atoms with Gasteiger partial charge in [-0.1, -0.05) is 31.2 Å². The van der Waals surface area contributed by atoms with Crippen LogP contribution >= 0.6 is 35.7 Å². The summed E-state index contributed by atoms with van der Waals surface area (Å²) in [6.45, 7) is 7.81. The molecule has 1 saturated heterocycles. The third kappa shape index (κ3) is 8.16. The van der Waals surface area contributed by atoms with Crippen LogP contribution in [0, 0.1) is 0 Å². The lowest BCUT2D eigenvalue weighted by atomic mass is 10.1. The van der Waals surface area contributed by atoms with Crippen molar-refractivity contribution in [2.75, 3.05) is 32.4 Å². The highest BCUT2D eigenvalue weighted by molar-refractivity contribution is 14.0. The minimum absolute atomic E-state index is 0. The minimum Gasteiger partial charge on any atom is -0.357 e. The van der Waals surface area contributed by atoms with Gasteiger partial charge in [0.05, 0.1) is 12.3 Å². The van der Waals surface area contributed by atoms with E-state index in [1.807, 2.05) is 36.0 Å². The number of nitrogens with zero attached hydrogens (tertiary/aromatic N) is 2. The zero-order chi connectivity index (χ0) is 19.0. The van der Waals surface area contributed by atoms with E-state index >= 15 is 0 Å². The summed E-state index contributed by atoms with van der Waals surface area (Å²) >= 11 is 2.05. The molecule has 1 aliphatic heterocycles. The summed E-state index contributed by atoms with van der Waals surface area (Å²) in [6.07, 6.45) is 1.18. The molecular weight excluding hydrogens is 495 g/mol. The van der Waals surface area contributed by atoms with Gasteiger partial charge in [-0.15, -0.1) is 24.0 Å². The average molecular weight is 527 g/mol. The average Bonchev–Trinajstić information content (AvgIpc) is 2.66. The van der Waals surface area contributed by atoms with E-state index in [0.717, 1.165) is 42.5 Å². The van der Waals surface area contributed by atoms with E-state index in [2.05, 4.69) is 28.8 Å². The Labute approximate surface area is 185 Å². The normalized spacial score (nSPS) is 18.1. The molecule has 1 atom stereocenters. The van der Waals surface area contributed by atoms with Gasteiger partial charge in [0.15, 0.2) is 5.96 Å². The highest BCUT2D eigenvalue weighted by Gasteiger charge is 2.21. The van der Waals surface area contributed by atoms with Crippen molar-refractivity contribution in [3.05, 3.63) is 35.4 Å². The molecule has 1 fully saturated rings. The molecule has 27 heavy (non-hydrogen) atoms. The summed E-state index contributed by atoms with van der Waals surface area (Å²) in [6, 6.07) is 7.62. The molecule has 1 aliphatic rings. The fourth-order valence-electron chi connectivity index (χ4n) is 2.78. The molecule has 0 spiro atoms. The summed E-state index contributed by atoms with van der Waals surface area (Å²) in [5.74, 6) is 2.10. The predicted octanol–water partition coefficient (Wildman–Crippen LogP) is 2.65. The Morgan fingerprint density at radius 1 is 1.26 bits per heavy atom. The highest BCUT2D eigenvalue weighted by Crippen LogP contribution is 2.21. The smallest absolute Gasteiger partial charge is 0.215 e. The molecule has 0 aliphatic carbocycles. The second kappa shape index (κ2) is 12.1. The van der Waals surface area contributed by atoms with E-state index in [0.29, 0.717) is 11.8 Å². The molecule has 0 radical (unpaired) electrons. The van der Waals surface area contributed by atoms with Crippen molar-refractivity contribution >= 4 is 51.7 Å². The molecule has 1 heterocycles. The Balaban J connectivity index is 0.00000364. The third-order valence-corrected chi connectivity index (χ3v) is 7.04. The molecule has 0 aromatic heterocycles. The fraction of sp³-hybridized carbons (Fsp3) is 0.611. The summed E-state index contributed by atoms with van der Waals surface area (Å²) in [4.78, 5) is 7.14. The number of aliphatic imine (C=N–C) groups is 1. The van der Waals surface area contributed by atoms with Crippen LogP contribution in [0.25, 0.3) is 0 Å². The van der Waals surface area contributed by atoms with Crippen molar-refractivity contribution in [3.63, 3.8) is 0 Å². The monoisotopic (exact) mass is 526 g/mol. The summed E-state index contributed by atoms with van der Waals surface area (Å²) in [5, 5.41) is 4.06. The van der Waals surface area contributed by atoms with Gasteiger partial charge in [0, 0.05) is 30.6 Å². The van der Waals surface area contributed by atoms with Crippen molar-refractivity contribution in [1.82, 2.24) is 14.9 Å². The summed E-state index contributed by atoms with van der Waals surface area (Å²) in [5.41, 5.74) is 1.85. The van der Waals surface area contributed by atoms with Crippen molar-refractivity contribution in [3.8, 4) is 0 Å². The maximum Gasteiger partial charge on any atom is 0.215 e. The quantitative estimate of drug-likeness (QED) is 0.325. The number of guanidine groups is 1. The molecule has 1 aromatic rings. The van der Waals surface area contributed by atoms with Gasteiger partial charge in [-0.05, 0) is 31.5 Å². The SMILES string of the molecule is CCNC(=NCc1ccc(CS(=O)(=O)NC)cc1)N1CCSC(CC)C1.I. The Hall–Kier alpha value is -0.520. The van der Waals surface area contributed by atoms with E-state index in [1.54, 1.807) is 0 Å². The van der Waals surface area contributed by atoms with Gasteiger partial charge < -0.3 is 10.2 Å². The molecule has 2 rings (SSSR count). The topological polar surface area (TPSA) is 73.8 Å². The van der Waals surface area contributed by atoms with E-state index in [4.69, 9.17) is 4.99 Å². The number of sulfonamides is 1. The number of rotatable bonds is 7. The van der Waals surface area contributed by atoms with Crippen molar-refractivity contribution < 1.29 is 8.42 Å². The zero-order valence-corrected chi connectivity index (χ0v) is 20.2.